The van der Waals surface area contributed by atoms with Crippen molar-refractivity contribution in [3.8, 4) is 0 Å². The molecule has 0 aliphatic rings. The number of halogens is 1. The molecule has 1 N–H and O–H groups in total. The summed E-state index contributed by atoms with van der Waals surface area (Å²) >= 11 is 4.96. The molecular weight excluding hydrogens is 240 g/mol. The Labute approximate surface area is 109 Å². The fourth-order valence-electron chi connectivity index (χ4n) is 1.03. The molecule has 0 aromatic rings. The van der Waals surface area contributed by atoms with Gasteiger partial charge in [-0.25, -0.2) is 9.79 Å². The van der Waals surface area contributed by atoms with Crippen LogP contribution in [0.15, 0.2) is 4.99 Å². The molecular formula is C12H23ClN2O2. The third kappa shape index (κ3) is 25.4. The van der Waals surface area contributed by atoms with Crippen molar-refractivity contribution in [3.63, 3.8) is 0 Å². The molecule has 0 unspecified atom stereocenters. The summed E-state index contributed by atoms with van der Waals surface area (Å²) in [7, 11) is 0. The largest absolute Gasteiger partial charge is 0.343 e. The molecule has 0 rings (SSSR count). The number of isocyanates is 1. The van der Waals surface area contributed by atoms with Crippen LogP contribution in [0.5, 0.6) is 0 Å². The molecule has 0 radical (unpaired) electrons. The van der Waals surface area contributed by atoms with Gasteiger partial charge in [-0.15, -0.1) is 0 Å². The first kappa shape index (κ1) is 18.5. The summed E-state index contributed by atoms with van der Waals surface area (Å²) in [6.07, 6.45) is 8.28. The van der Waals surface area contributed by atoms with Gasteiger partial charge in [0.05, 0.1) is 6.54 Å². The third-order valence-electron chi connectivity index (χ3n) is 1.98. The van der Waals surface area contributed by atoms with Crippen LogP contribution >= 0.6 is 11.6 Å². The summed E-state index contributed by atoms with van der Waals surface area (Å²) in [6.45, 7) is 5.56. The van der Waals surface area contributed by atoms with Gasteiger partial charge in [0.25, 0.3) is 0 Å². The number of unbranched alkanes of at least 4 members (excludes halogenated alkanes) is 4. The Kier molecular flexibility index (Phi) is 19.1. The van der Waals surface area contributed by atoms with E-state index in [1.165, 1.54) is 25.3 Å². The molecule has 0 aliphatic carbocycles. The van der Waals surface area contributed by atoms with Crippen molar-refractivity contribution in [1.29, 1.82) is 0 Å². The molecule has 100 valence electrons. The maximum atomic E-state index is 9.97. The van der Waals surface area contributed by atoms with Crippen LogP contribution in [0.2, 0.25) is 0 Å². The number of nitrogens with zero attached hydrogens (tertiary/aromatic N) is 1. The second-order valence-electron chi connectivity index (χ2n) is 3.59. The van der Waals surface area contributed by atoms with E-state index in [-0.39, 0.29) is 0 Å². The van der Waals surface area contributed by atoms with Crippen LogP contribution in [-0.2, 0) is 4.79 Å². The van der Waals surface area contributed by atoms with Crippen LogP contribution in [0, 0.1) is 0 Å². The maximum absolute atomic E-state index is 9.97. The molecule has 0 aliphatic heterocycles. The van der Waals surface area contributed by atoms with E-state index in [9.17, 15) is 9.59 Å². The zero-order valence-corrected chi connectivity index (χ0v) is 11.6. The Morgan fingerprint density at radius 2 is 1.82 bits per heavy atom. The van der Waals surface area contributed by atoms with Crippen LogP contribution < -0.4 is 5.32 Å². The number of hydrogen-bond donors (Lipinski definition) is 1. The number of nitrogens with one attached hydrogen (secondary N) is 1. The Bertz CT molecular complexity index is 217. The van der Waals surface area contributed by atoms with Gasteiger partial charge in [-0.3, -0.25) is 4.79 Å². The molecule has 0 fully saturated rings. The van der Waals surface area contributed by atoms with Crippen molar-refractivity contribution in [2.45, 2.75) is 52.4 Å². The summed E-state index contributed by atoms with van der Waals surface area (Å²) in [5.41, 5.74) is 0. The zero-order valence-electron chi connectivity index (χ0n) is 10.8. The average Bonchev–Trinajstić information content (AvgIpc) is 2.30. The number of carbonyl (C=O) groups excluding carboxylic acids is 2. The van der Waals surface area contributed by atoms with E-state index in [0.717, 1.165) is 19.3 Å². The number of amides is 1. The molecule has 17 heavy (non-hydrogen) atoms. The van der Waals surface area contributed by atoms with E-state index in [0.29, 0.717) is 13.1 Å². The summed E-state index contributed by atoms with van der Waals surface area (Å²) in [5.74, 6) is 0. The lowest BCUT2D eigenvalue weighted by atomic mass is 10.2. The molecule has 0 saturated heterocycles. The number of rotatable bonds is 8. The molecule has 0 bridgehead atoms. The third-order valence-corrected chi connectivity index (χ3v) is 2.12. The topological polar surface area (TPSA) is 58.5 Å². The molecule has 0 aromatic carbocycles. The van der Waals surface area contributed by atoms with E-state index >= 15 is 0 Å². The molecule has 1 amide bonds. The molecule has 0 saturated carbocycles. The lowest BCUT2D eigenvalue weighted by molar-refractivity contribution is 0.259. The minimum atomic E-state index is -0.460. The Morgan fingerprint density at radius 1 is 1.18 bits per heavy atom. The van der Waals surface area contributed by atoms with Gasteiger partial charge in [0.15, 0.2) is 0 Å². The second kappa shape index (κ2) is 17.5. The first-order valence-electron chi connectivity index (χ1n) is 6.15. The SMILES string of the molecule is CCCCCCN=C=O.CCCCNC(=O)Cl. The summed E-state index contributed by atoms with van der Waals surface area (Å²) < 4.78 is 0. The molecule has 0 spiro atoms. The van der Waals surface area contributed by atoms with Gasteiger partial charge in [0.2, 0.25) is 6.08 Å². The summed E-state index contributed by atoms with van der Waals surface area (Å²) in [6, 6.07) is 0. The molecule has 4 nitrogen and oxygen atoms in total. The molecule has 0 aromatic heterocycles. The number of aliphatic imine (C=N–C) groups is 1. The van der Waals surface area contributed by atoms with E-state index in [4.69, 9.17) is 11.6 Å². The van der Waals surface area contributed by atoms with Crippen molar-refractivity contribution in [1.82, 2.24) is 5.32 Å². The fourth-order valence-corrected chi connectivity index (χ4v) is 1.12. The van der Waals surface area contributed by atoms with E-state index < -0.39 is 5.37 Å². The quantitative estimate of drug-likeness (QED) is 0.239. The number of hydrogen-bond acceptors (Lipinski definition) is 3. The van der Waals surface area contributed by atoms with Crippen LogP contribution in [0.4, 0.5) is 4.79 Å². The lowest BCUT2D eigenvalue weighted by Gasteiger charge is -1.94. The highest BCUT2D eigenvalue weighted by Crippen LogP contribution is 1.97. The normalized spacial score (nSPS) is 8.65. The highest BCUT2D eigenvalue weighted by Gasteiger charge is 1.88. The summed E-state index contributed by atoms with van der Waals surface area (Å²) in [4.78, 5) is 23.0. The summed E-state index contributed by atoms with van der Waals surface area (Å²) in [5, 5.41) is 2.01. The Hall–Kier alpha value is -0.860. The van der Waals surface area contributed by atoms with E-state index in [2.05, 4.69) is 24.2 Å². The van der Waals surface area contributed by atoms with Crippen LogP contribution in [-0.4, -0.2) is 24.5 Å². The Balaban J connectivity index is 0. The Morgan fingerprint density at radius 3 is 2.29 bits per heavy atom. The first-order valence-corrected chi connectivity index (χ1v) is 6.53. The lowest BCUT2D eigenvalue weighted by Crippen LogP contribution is -2.16. The van der Waals surface area contributed by atoms with Crippen molar-refractivity contribution in [3.05, 3.63) is 0 Å². The van der Waals surface area contributed by atoms with Crippen molar-refractivity contribution >= 4 is 23.0 Å². The molecule has 5 heteroatoms. The van der Waals surface area contributed by atoms with Crippen molar-refractivity contribution in [2.75, 3.05) is 13.1 Å². The fraction of sp³-hybridized carbons (Fsp3) is 0.833. The molecule has 0 atom stereocenters. The van der Waals surface area contributed by atoms with E-state index in [1.54, 1.807) is 0 Å². The van der Waals surface area contributed by atoms with Gasteiger partial charge in [-0.2, -0.15) is 0 Å². The minimum absolute atomic E-state index is 0.460. The van der Waals surface area contributed by atoms with Gasteiger partial charge in [0.1, 0.15) is 0 Å². The van der Waals surface area contributed by atoms with Crippen molar-refractivity contribution in [2.24, 2.45) is 4.99 Å². The predicted molar refractivity (Wildman–Crippen MR) is 71.3 cm³/mol. The average molecular weight is 263 g/mol. The minimum Gasteiger partial charge on any atom is -0.343 e. The highest BCUT2D eigenvalue weighted by molar-refractivity contribution is 6.62. The van der Waals surface area contributed by atoms with Gasteiger partial charge in [-0.1, -0.05) is 39.5 Å². The second-order valence-corrected chi connectivity index (χ2v) is 3.93. The smallest absolute Gasteiger partial charge is 0.313 e. The first-order chi connectivity index (χ1) is 8.18. The highest BCUT2D eigenvalue weighted by atomic mass is 35.5. The van der Waals surface area contributed by atoms with Crippen LogP contribution in [0.3, 0.4) is 0 Å². The van der Waals surface area contributed by atoms with Crippen LogP contribution in [0.1, 0.15) is 52.4 Å². The molecule has 0 heterocycles. The monoisotopic (exact) mass is 262 g/mol. The number of carbonyl (C=O) groups is 1. The van der Waals surface area contributed by atoms with Crippen LogP contribution in [0.25, 0.3) is 0 Å². The van der Waals surface area contributed by atoms with Gasteiger partial charge in [0, 0.05) is 6.54 Å². The van der Waals surface area contributed by atoms with Gasteiger partial charge >= 0.3 is 5.37 Å². The van der Waals surface area contributed by atoms with Gasteiger partial charge in [-0.05, 0) is 24.4 Å². The zero-order chi connectivity index (χ0) is 13.4. The maximum Gasteiger partial charge on any atom is 0.313 e. The predicted octanol–water partition coefficient (Wildman–Crippen LogP) is 3.64. The standard InChI is InChI=1S/C7H13NO.C5H10ClNO/c1-2-3-4-5-6-8-7-9;1-2-3-4-7-5(6)8/h2-6H2,1H3;2-4H2,1H3,(H,7,8). The van der Waals surface area contributed by atoms with Gasteiger partial charge < -0.3 is 5.32 Å². The van der Waals surface area contributed by atoms with E-state index in [1.807, 2.05) is 0 Å². The van der Waals surface area contributed by atoms with Crippen molar-refractivity contribution < 1.29 is 9.59 Å².